The van der Waals surface area contributed by atoms with Gasteiger partial charge >= 0.3 is 0 Å². The number of aromatic nitrogens is 1. The first kappa shape index (κ1) is 19.8. The van der Waals surface area contributed by atoms with Gasteiger partial charge in [-0.25, -0.2) is 4.98 Å². The monoisotopic (exact) mass is 452 g/mol. The van der Waals surface area contributed by atoms with Crippen molar-refractivity contribution in [1.82, 2.24) is 4.98 Å². The maximum atomic E-state index is 13.6. The van der Waals surface area contributed by atoms with Crippen molar-refractivity contribution in [3.63, 3.8) is 0 Å². The Morgan fingerprint density at radius 1 is 1.16 bits per heavy atom. The molecule has 0 N–H and O–H groups in total. The summed E-state index contributed by atoms with van der Waals surface area (Å²) in [5, 5.41) is 1.27. The fourth-order valence-corrected chi connectivity index (χ4v) is 4.94. The maximum absolute atomic E-state index is 13.6. The molecule has 6 nitrogen and oxygen atoms in total. The zero-order chi connectivity index (χ0) is 21.9. The summed E-state index contributed by atoms with van der Waals surface area (Å²) >= 11 is 7.53. The van der Waals surface area contributed by atoms with E-state index in [1.54, 1.807) is 25.3 Å². The van der Waals surface area contributed by atoms with E-state index in [1.807, 2.05) is 38.1 Å². The van der Waals surface area contributed by atoms with Crippen LogP contribution in [0.4, 0.5) is 5.13 Å². The third-order valence-corrected chi connectivity index (χ3v) is 6.77. The number of rotatable bonds is 3. The molecule has 0 saturated carbocycles. The van der Waals surface area contributed by atoms with Gasteiger partial charge in [-0.2, -0.15) is 0 Å². The number of methoxy groups -OCH3 is 1. The summed E-state index contributed by atoms with van der Waals surface area (Å²) in [6, 6.07) is 11.4. The molecule has 1 unspecified atom stereocenters. The van der Waals surface area contributed by atoms with Gasteiger partial charge in [0, 0.05) is 9.90 Å². The van der Waals surface area contributed by atoms with Crippen LogP contribution in [-0.2, 0) is 0 Å². The lowest BCUT2D eigenvalue weighted by atomic mass is 9.98. The van der Waals surface area contributed by atoms with Gasteiger partial charge in [0.1, 0.15) is 11.3 Å². The first-order valence-corrected chi connectivity index (χ1v) is 10.8. The smallest absolute Gasteiger partial charge is 0.297 e. The van der Waals surface area contributed by atoms with E-state index in [-0.39, 0.29) is 16.8 Å². The van der Waals surface area contributed by atoms with E-state index in [0.29, 0.717) is 26.9 Å². The van der Waals surface area contributed by atoms with Crippen LogP contribution in [0.5, 0.6) is 5.75 Å². The molecule has 1 aliphatic heterocycles. The molecule has 4 aromatic rings. The summed E-state index contributed by atoms with van der Waals surface area (Å²) in [5.41, 5.74) is 1.88. The summed E-state index contributed by atoms with van der Waals surface area (Å²) in [4.78, 5) is 34.2. The van der Waals surface area contributed by atoms with Crippen molar-refractivity contribution in [2.75, 3.05) is 12.0 Å². The molecular weight excluding hydrogens is 436 g/mol. The summed E-state index contributed by atoms with van der Waals surface area (Å²) in [5.74, 6) is 0.252. The molecule has 156 valence electrons. The minimum atomic E-state index is -0.692. The van der Waals surface area contributed by atoms with Crippen molar-refractivity contribution in [3.8, 4) is 5.75 Å². The minimum absolute atomic E-state index is 0.0261. The third kappa shape index (κ3) is 3.04. The Hall–Kier alpha value is -3.16. The molecule has 0 saturated heterocycles. The van der Waals surface area contributed by atoms with Gasteiger partial charge in [-0.15, -0.1) is 11.3 Å². The predicted molar refractivity (Wildman–Crippen MR) is 121 cm³/mol. The molecule has 1 atom stereocenters. The highest BCUT2D eigenvalue weighted by Gasteiger charge is 2.45. The van der Waals surface area contributed by atoms with Crippen LogP contribution in [0.1, 0.15) is 38.3 Å². The van der Waals surface area contributed by atoms with Gasteiger partial charge < -0.3 is 9.15 Å². The molecule has 1 aliphatic rings. The average molecular weight is 453 g/mol. The Morgan fingerprint density at radius 2 is 1.97 bits per heavy atom. The molecule has 31 heavy (non-hydrogen) atoms. The number of fused-ring (bicyclic) bond motifs is 2. The van der Waals surface area contributed by atoms with Crippen LogP contribution in [0.25, 0.3) is 11.0 Å². The highest BCUT2D eigenvalue weighted by atomic mass is 35.5. The van der Waals surface area contributed by atoms with Gasteiger partial charge in [0.2, 0.25) is 5.76 Å². The summed E-state index contributed by atoms with van der Waals surface area (Å²) in [7, 11) is 1.57. The number of carbonyl (C=O) groups is 1. The van der Waals surface area contributed by atoms with Crippen molar-refractivity contribution in [3.05, 3.63) is 85.2 Å². The summed E-state index contributed by atoms with van der Waals surface area (Å²) < 4.78 is 11.3. The number of hydrogen-bond acceptors (Lipinski definition) is 6. The minimum Gasteiger partial charge on any atom is -0.497 e. The van der Waals surface area contributed by atoms with E-state index in [2.05, 4.69) is 4.98 Å². The Labute approximate surface area is 186 Å². The van der Waals surface area contributed by atoms with E-state index in [9.17, 15) is 9.59 Å². The Bertz CT molecular complexity index is 1410. The predicted octanol–water partition coefficient (Wildman–Crippen LogP) is 5.28. The average Bonchev–Trinajstić information content (AvgIpc) is 3.25. The van der Waals surface area contributed by atoms with E-state index >= 15 is 0 Å². The number of benzene rings is 2. The first-order chi connectivity index (χ1) is 14.9. The van der Waals surface area contributed by atoms with E-state index < -0.39 is 11.9 Å². The second-order valence-electron chi connectivity index (χ2n) is 7.31. The quantitative estimate of drug-likeness (QED) is 0.423. The van der Waals surface area contributed by atoms with Crippen LogP contribution in [0.2, 0.25) is 5.02 Å². The van der Waals surface area contributed by atoms with Crippen LogP contribution in [0.3, 0.4) is 0 Å². The molecular formula is C23H17ClN2O4S. The van der Waals surface area contributed by atoms with Gasteiger partial charge in [-0.1, -0.05) is 23.7 Å². The van der Waals surface area contributed by atoms with Crippen LogP contribution in [0, 0.1) is 13.8 Å². The van der Waals surface area contributed by atoms with Crippen LogP contribution in [-0.4, -0.2) is 18.0 Å². The summed E-state index contributed by atoms with van der Waals surface area (Å²) in [6.45, 7) is 3.84. The number of nitrogens with zero attached hydrogens (tertiary/aromatic N) is 2. The number of carbonyl (C=O) groups excluding carboxylic acids is 1. The van der Waals surface area contributed by atoms with Crippen molar-refractivity contribution in [2.24, 2.45) is 0 Å². The van der Waals surface area contributed by atoms with E-state index in [4.69, 9.17) is 20.8 Å². The first-order valence-electron chi connectivity index (χ1n) is 9.57. The number of anilines is 1. The van der Waals surface area contributed by atoms with Gasteiger partial charge in [0.25, 0.3) is 5.91 Å². The number of ether oxygens (including phenoxy) is 1. The Balaban J connectivity index is 1.83. The fourth-order valence-electron chi connectivity index (χ4n) is 3.83. The van der Waals surface area contributed by atoms with Crippen LogP contribution < -0.4 is 15.1 Å². The largest absolute Gasteiger partial charge is 0.497 e. The molecule has 5 rings (SSSR count). The number of thiazole rings is 1. The zero-order valence-corrected chi connectivity index (χ0v) is 18.5. The molecule has 2 aromatic carbocycles. The molecule has 2 aromatic heterocycles. The van der Waals surface area contributed by atoms with Gasteiger partial charge in [0.15, 0.2) is 10.6 Å². The lowest BCUT2D eigenvalue weighted by Gasteiger charge is -2.22. The van der Waals surface area contributed by atoms with E-state index in [1.165, 1.54) is 16.2 Å². The van der Waals surface area contributed by atoms with Crippen molar-refractivity contribution in [1.29, 1.82) is 0 Å². The van der Waals surface area contributed by atoms with Gasteiger partial charge in [-0.3, -0.25) is 14.5 Å². The SMILES string of the molecule is COc1cccc(C2c3c(oc4ccc(Cl)cc4c3=O)C(=O)N2c2nc(C)c(C)s2)c1. The lowest BCUT2D eigenvalue weighted by molar-refractivity contribution is 0.0971. The lowest BCUT2D eigenvalue weighted by Crippen LogP contribution is -2.29. The number of amides is 1. The molecule has 0 spiro atoms. The summed E-state index contributed by atoms with van der Waals surface area (Å²) in [6.07, 6.45) is 0. The zero-order valence-electron chi connectivity index (χ0n) is 16.9. The second kappa shape index (κ2) is 7.21. The Kier molecular flexibility index (Phi) is 4.60. The third-order valence-electron chi connectivity index (χ3n) is 5.47. The number of aryl methyl sites for hydroxylation is 2. The van der Waals surface area contributed by atoms with Gasteiger partial charge in [0.05, 0.1) is 29.8 Å². The van der Waals surface area contributed by atoms with Gasteiger partial charge in [-0.05, 0) is 49.7 Å². The van der Waals surface area contributed by atoms with Crippen molar-refractivity contribution < 1.29 is 13.9 Å². The van der Waals surface area contributed by atoms with Crippen molar-refractivity contribution in [2.45, 2.75) is 19.9 Å². The molecule has 3 heterocycles. The highest BCUT2D eigenvalue weighted by Crippen LogP contribution is 2.43. The molecule has 0 aliphatic carbocycles. The number of halogens is 1. The normalized spacial score (nSPS) is 15.5. The molecule has 0 fully saturated rings. The number of hydrogen-bond donors (Lipinski definition) is 0. The molecule has 0 bridgehead atoms. The standard InChI is InChI=1S/C23H17ClN2O4S/c1-11-12(2)31-23(25-11)26-19(13-5-4-6-15(9-13)29-3)18-20(27)16-10-14(24)7-8-17(16)30-21(18)22(26)28/h4-10,19H,1-3H3. The molecule has 0 radical (unpaired) electrons. The Morgan fingerprint density at radius 3 is 2.68 bits per heavy atom. The van der Waals surface area contributed by atoms with Crippen LogP contribution >= 0.6 is 22.9 Å². The second-order valence-corrected chi connectivity index (χ2v) is 8.92. The maximum Gasteiger partial charge on any atom is 0.297 e. The van der Waals surface area contributed by atoms with E-state index in [0.717, 1.165) is 16.1 Å². The van der Waals surface area contributed by atoms with Crippen LogP contribution in [0.15, 0.2) is 51.7 Å². The van der Waals surface area contributed by atoms with Crippen molar-refractivity contribution >= 4 is 44.9 Å². The fraction of sp³-hybridized carbons (Fsp3) is 0.174. The molecule has 8 heteroatoms. The molecule has 1 amide bonds. The topological polar surface area (TPSA) is 72.6 Å². The highest BCUT2D eigenvalue weighted by molar-refractivity contribution is 7.15.